The molecule has 1 amide bonds. The second-order valence-corrected chi connectivity index (χ2v) is 6.88. The Kier molecular flexibility index (Phi) is 5.68. The van der Waals surface area contributed by atoms with Crippen LogP contribution in [0.1, 0.15) is 16.3 Å². The van der Waals surface area contributed by atoms with Gasteiger partial charge < -0.3 is 19.0 Å². The highest BCUT2D eigenvalue weighted by Gasteiger charge is 2.15. The van der Waals surface area contributed by atoms with Crippen LogP contribution in [0.5, 0.6) is 11.5 Å². The van der Waals surface area contributed by atoms with Gasteiger partial charge in [0, 0.05) is 17.3 Å². The lowest BCUT2D eigenvalue weighted by atomic mass is 10.2. The van der Waals surface area contributed by atoms with Gasteiger partial charge in [0.1, 0.15) is 11.5 Å². The highest BCUT2D eigenvalue weighted by Crippen LogP contribution is 2.32. The average molecular weight is 421 g/mol. The number of anilines is 1. The van der Waals surface area contributed by atoms with E-state index in [9.17, 15) is 9.59 Å². The van der Waals surface area contributed by atoms with Crippen LogP contribution < -0.4 is 15.6 Å². The molecule has 0 unspecified atom stereocenters. The minimum absolute atomic E-state index is 0.111. The molecule has 4 aromatic rings. The third kappa shape index (κ3) is 4.61. The summed E-state index contributed by atoms with van der Waals surface area (Å²) < 4.78 is 13.0. The Hall–Kier alpha value is -3.77. The van der Waals surface area contributed by atoms with Crippen molar-refractivity contribution in [3.8, 4) is 11.5 Å². The third-order valence-corrected chi connectivity index (χ3v) is 4.51. The molecule has 0 aliphatic rings. The number of nitrogens with one attached hydrogen (secondary N) is 1. The zero-order valence-electron chi connectivity index (χ0n) is 15.7. The summed E-state index contributed by atoms with van der Waals surface area (Å²) >= 11 is 6.10. The maximum atomic E-state index is 12.7. The standard InChI is InChI=1S/C23H17ClN2O4/c24-16-9-11-20(29-17-6-2-1-3-7-17)19(14-16)25-23(28)21-12-10-18(30-21)15-26-13-5-4-8-22(26)27/h1-14H,15H2,(H,25,28). The van der Waals surface area contributed by atoms with Crippen molar-refractivity contribution in [2.24, 2.45) is 0 Å². The number of furan rings is 1. The van der Waals surface area contributed by atoms with Gasteiger partial charge in [-0.3, -0.25) is 9.59 Å². The summed E-state index contributed by atoms with van der Waals surface area (Å²) in [6, 6.07) is 22.3. The van der Waals surface area contributed by atoms with Crippen molar-refractivity contribution in [1.82, 2.24) is 4.57 Å². The number of rotatable bonds is 6. The molecule has 1 N–H and O–H groups in total. The first-order valence-corrected chi connectivity index (χ1v) is 9.54. The molecule has 150 valence electrons. The molecule has 4 rings (SSSR count). The molecule has 0 saturated carbocycles. The van der Waals surface area contributed by atoms with Crippen LogP contribution in [0.3, 0.4) is 0 Å². The molecule has 0 atom stereocenters. The second kappa shape index (κ2) is 8.71. The van der Waals surface area contributed by atoms with Crippen molar-refractivity contribution in [3.63, 3.8) is 0 Å². The number of hydrogen-bond donors (Lipinski definition) is 1. The molecule has 0 aliphatic heterocycles. The number of carbonyl (C=O) groups is 1. The van der Waals surface area contributed by atoms with E-state index in [1.165, 1.54) is 10.6 Å². The molecule has 7 heteroatoms. The highest BCUT2D eigenvalue weighted by molar-refractivity contribution is 6.31. The molecule has 0 fully saturated rings. The van der Waals surface area contributed by atoms with Crippen molar-refractivity contribution in [3.05, 3.63) is 112 Å². The van der Waals surface area contributed by atoms with Gasteiger partial charge in [-0.2, -0.15) is 0 Å². The van der Waals surface area contributed by atoms with Crippen molar-refractivity contribution >= 4 is 23.2 Å². The van der Waals surface area contributed by atoms with Crippen LogP contribution in [0, 0.1) is 0 Å². The van der Waals surface area contributed by atoms with Crippen LogP contribution in [-0.4, -0.2) is 10.5 Å². The van der Waals surface area contributed by atoms with Crippen LogP contribution in [0.25, 0.3) is 0 Å². The van der Waals surface area contributed by atoms with E-state index in [1.807, 2.05) is 30.3 Å². The summed E-state index contributed by atoms with van der Waals surface area (Å²) in [5, 5.41) is 3.22. The summed E-state index contributed by atoms with van der Waals surface area (Å²) in [6.07, 6.45) is 1.66. The van der Waals surface area contributed by atoms with E-state index in [4.69, 9.17) is 20.8 Å². The highest BCUT2D eigenvalue weighted by atomic mass is 35.5. The first-order chi connectivity index (χ1) is 14.6. The number of aromatic nitrogens is 1. The minimum Gasteiger partial charge on any atom is -0.455 e. The molecule has 2 aromatic heterocycles. The number of amides is 1. The summed E-state index contributed by atoms with van der Waals surface area (Å²) in [4.78, 5) is 24.5. The van der Waals surface area contributed by atoms with Crippen molar-refractivity contribution in [1.29, 1.82) is 0 Å². The fourth-order valence-electron chi connectivity index (χ4n) is 2.83. The first-order valence-electron chi connectivity index (χ1n) is 9.16. The molecule has 2 aromatic carbocycles. The van der Waals surface area contributed by atoms with Crippen molar-refractivity contribution in [2.45, 2.75) is 6.54 Å². The van der Waals surface area contributed by atoms with Gasteiger partial charge in [0.05, 0.1) is 12.2 Å². The Labute approximate surface area is 177 Å². The predicted molar refractivity (Wildman–Crippen MR) is 114 cm³/mol. The molecular formula is C23H17ClN2O4. The Morgan fingerprint density at radius 3 is 2.60 bits per heavy atom. The number of para-hydroxylation sites is 1. The van der Waals surface area contributed by atoms with Crippen molar-refractivity contribution in [2.75, 3.05) is 5.32 Å². The van der Waals surface area contributed by atoms with Crippen LogP contribution in [0.2, 0.25) is 5.02 Å². The lowest BCUT2D eigenvalue weighted by molar-refractivity contribution is 0.0994. The number of benzene rings is 2. The van der Waals surface area contributed by atoms with Gasteiger partial charge in [-0.15, -0.1) is 0 Å². The quantitative estimate of drug-likeness (QED) is 0.466. The van der Waals surface area contributed by atoms with Gasteiger partial charge in [-0.1, -0.05) is 35.9 Å². The second-order valence-electron chi connectivity index (χ2n) is 6.44. The number of nitrogens with zero attached hydrogens (tertiary/aromatic N) is 1. The minimum atomic E-state index is -0.457. The maximum Gasteiger partial charge on any atom is 0.291 e. The van der Waals surface area contributed by atoms with E-state index in [-0.39, 0.29) is 17.9 Å². The van der Waals surface area contributed by atoms with E-state index >= 15 is 0 Å². The average Bonchev–Trinajstić information content (AvgIpc) is 3.21. The van der Waals surface area contributed by atoms with E-state index < -0.39 is 5.91 Å². The van der Waals surface area contributed by atoms with Crippen LogP contribution in [-0.2, 0) is 6.54 Å². The Morgan fingerprint density at radius 2 is 1.80 bits per heavy atom. The molecule has 30 heavy (non-hydrogen) atoms. The van der Waals surface area contributed by atoms with Gasteiger partial charge >= 0.3 is 0 Å². The topological polar surface area (TPSA) is 73.5 Å². The zero-order chi connectivity index (χ0) is 20.9. The normalized spacial score (nSPS) is 10.6. The number of carbonyl (C=O) groups excluding carboxylic acids is 1. The van der Waals surface area contributed by atoms with E-state index in [0.717, 1.165) is 0 Å². The number of hydrogen-bond acceptors (Lipinski definition) is 4. The van der Waals surface area contributed by atoms with E-state index in [2.05, 4.69) is 5.32 Å². The van der Waals surface area contributed by atoms with Gasteiger partial charge in [0.2, 0.25) is 0 Å². The van der Waals surface area contributed by atoms with Crippen molar-refractivity contribution < 1.29 is 13.9 Å². The lowest BCUT2D eigenvalue weighted by Gasteiger charge is -2.12. The summed E-state index contributed by atoms with van der Waals surface area (Å²) in [5.41, 5.74) is 0.259. The molecule has 0 aliphatic carbocycles. The molecule has 0 bridgehead atoms. The Balaban J connectivity index is 1.52. The Bertz CT molecular complexity index is 1230. The molecular weight excluding hydrogens is 404 g/mol. The van der Waals surface area contributed by atoms with Gasteiger partial charge in [0.15, 0.2) is 11.5 Å². The van der Waals surface area contributed by atoms with Gasteiger partial charge in [0.25, 0.3) is 11.5 Å². The number of pyridine rings is 1. The monoisotopic (exact) mass is 420 g/mol. The van der Waals surface area contributed by atoms with Gasteiger partial charge in [-0.25, -0.2) is 0 Å². The lowest BCUT2D eigenvalue weighted by Crippen LogP contribution is -2.18. The zero-order valence-corrected chi connectivity index (χ0v) is 16.5. The van der Waals surface area contributed by atoms with E-state index in [1.54, 1.807) is 48.7 Å². The summed E-state index contributed by atoms with van der Waals surface area (Å²) in [5.74, 6) is 1.22. The fraction of sp³-hybridized carbons (Fsp3) is 0.0435. The third-order valence-electron chi connectivity index (χ3n) is 4.27. The summed E-state index contributed by atoms with van der Waals surface area (Å²) in [6.45, 7) is 0.229. The number of halogens is 1. The van der Waals surface area contributed by atoms with Gasteiger partial charge in [-0.05, 0) is 48.5 Å². The molecule has 0 spiro atoms. The molecule has 0 saturated heterocycles. The summed E-state index contributed by atoms with van der Waals surface area (Å²) in [7, 11) is 0. The fourth-order valence-corrected chi connectivity index (χ4v) is 3.00. The maximum absolute atomic E-state index is 12.7. The van der Waals surface area contributed by atoms with Crippen LogP contribution in [0.15, 0.2) is 94.3 Å². The van der Waals surface area contributed by atoms with Crippen LogP contribution >= 0.6 is 11.6 Å². The predicted octanol–water partition coefficient (Wildman–Crippen LogP) is 5.19. The van der Waals surface area contributed by atoms with E-state index in [0.29, 0.717) is 28.0 Å². The van der Waals surface area contributed by atoms with Crippen LogP contribution in [0.4, 0.5) is 5.69 Å². The smallest absolute Gasteiger partial charge is 0.291 e. The largest absolute Gasteiger partial charge is 0.455 e. The SMILES string of the molecule is O=C(Nc1cc(Cl)ccc1Oc1ccccc1)c1ccc(Cn2ccccc2=O)o1. The molecule has 2 heterocycles. The Morgan fingerprint density at radius 1 is 1.00 bits per heavy atom. The number of ether oxygens (including phenoxy) is 1. The molecule has 6 nitrogen and oxygen atoms in total. The first kappa shape index (κ1) is 19.5. The molecule has 0 radical (unpaired) electrons.